The van der Waals surface area contributed by atoms with Crippen LogP contribution in [0.1, 0.15) is 27.0 Å². The van der Waals surface area contributed by atoms with Crippen LogP contribution in [0.15, 0.2) is 77.8 Å². The smallest absolute Gasteiger partial charge is 0.272 e. The molecule has 2 amide bonds. The lowest BCUT2D eigenvalue weighted by Gasteiger charge is -2.21. The molecule has 0 saturated heterocycles. The van der Waals surface area contributed by atoms with E-state index in [2.05, 4.69) is 10.3 Å². The van der Waals surface area contributed by atoms with E-state index in [9.17, 15) is 14.0 Å². The van der Waals surface area contributed by atoms with Gasteiger partial charge in [-0.1, -0.05) is 60.7 Å². The van der Waals surface area contributed by atoms with Crippen LogP contribution in [0.25, 0.3) is 0 Å². The van der Waals surface area contributed by atoms with Gasteiger partial charge in [0.05, 0.1) is 17.0 Å². The number of para-hydroxylation sites is 1. The fourth-order valence-corrected chi connectivity index (χ4v) is 4.04. The van der Waals surface area contributed by atoms with Gasteiger partial charge in [-0.2, -0.15) is 0 Å². The third-order valence-corrected chi connectivity index (χ3v) is 5.44. The number of nitrogens with one attached hydrogen (secondary N) is 1. The second-order valence-electron chi connectivity index (χ2n) is 7.25. The minimum Gasteiger partial charge on any atom is -0.322 e. The summed E-state index contributed by atoms with van der Waals surface area (Å²) in [5.41, 5.74) is 4.12. The van der Waals surface area contributed by atoms with E-state index in [0.29, 0.717) is 12.3 Å². The topological polar surface area (TPSA) is 61.8 Å². The van der Waals surface area contributed by atoms with Gasteiger partial charge in [-0.3, -0.25) is 9.59 Å². The van der Waals surface area contributed by atoms with Crippen LogP contribution in [-0.2, 0) is 11.2 Å². The molecule has 5 rings (SSSR count). The van der Waals surface area contributed by atoms with Crippen molar-refractivity contribution in [1.29, 1.82) is 0 Å². The summed E-state index contributed by atoms with van der Waals surface area (Å²) in [6.07, 6.45) is -0.407. The Hall–Kier alpha value is -3.80. The van der Waals surface area contributed by atoms with Crippen molar-refractivity contribution in [1.82, 2.24) is 5.32 Å². The molecule has 0 fully saturated rings. The Bertz CT molecular complexity index is 1190. The molecule has 2 aliphatic heterocycles. The van der Waals surface area contributed by atoms with Crippen LogP contribution in [0.2, 0.25) is 0 Å². The van der Waals surface area contributed by atoms with Gasteiger partial charge in [0, 0.05) is 17.7 Å². The van der Waals surface area contributed by atoms with Crippen molar-refractivity contribution in [3.05, 3.63) is 101 Å². The lowest BCUT2D eigenvalue weighted by molar-refractivity contribution is -0.120. The minimum absolute atomic E-state index is 0.120. The van der Waals surface area contributed by atoms with E-state index in [-0.39, 0.29) is 11.5 Å². The Morgan fingerprint density at radius 2 is 1.77 bits per heavy atom. The molecule has 30 heavy (non-hydrogen) atoms. The average Bonchev–Trinajstić information content (AvgIpc) is 3.16. The maximum absolute atomic E-state index is 14.1. The maximum atomic E-state index is 14.1. The highest BCUT2D eigenvalue weighted by atomic mass is 19.1. The first-order valence-electron chi connectivity index (χ1n) is 9.76. The summed E-state index contributed by atoms with van der Waals surface area (Å²) in [6.45, 7) is 0.523. The van der Waals surface area contributed by atoms with Crippen molar-refractivity contribution in [2.45, 2.75) is 12.6 Å². The monoisotopic (exact) mass is 399 g/mol. The Labute approximate surface area is 172 Å². The van der Waals surface area contributed by atoms with Crippen LogP contribution < -0.4 is 10.2 Å². The van der Waals surface area contributed by atoms with Crippen molar-refractivity contribution in [3.8, 4) is 0 Å². The average molecular weight is 399 g/mol. The molecule has 3 aromatic rings. The first-order chi connectivity index (χ1) is 14.6. The largest absolute Gasteiger partial charge is 0.322 e. The van der Waals surface area contributed by atoms with Crippen LogP contribution in [0.5, 0.6) is 0 Å². The lowest BCUT2D eigenvalue weighted by Crippen LogP contribution is -2.47. The van der Waals surface area contributed by atoms with Crippen molar-refractivity contribution in [2.24, 2.45) is 4.99 Å². The number of hydrogen-bond acceptors (Lipinski definition) is 3. The molecule has 3 aromatic carbocycles. The molecule has 2 aliphatic rings. The maximum Gasteiger partial charge on any atom is 0.272 e. The number of aliphatic imine (C=N–C) groups is 1. The van der Waals surface area contributed by atoms with Gasteiger partial charge in [-0.15, -0.1) is 0 Å². The zero-order valence-corrected chi connectivity index (χ0v) is 16.0. The molecule has 148 valence electrons. The summed E-state index contributed by atoms with van der Waals surface area (Å²) >= 11 is 0. The SMILES string of the molecule is O=C(N[C@@H]1N=C(c2ccccc2)c2cccc3c2N(CC3)C1=O)c1ccccc1F. The van der Waals surface area contributed by atoms with Gasteiger partial charge >= 0.3 is 0 Å². The number of carbonyl (C=O) groups excluding carboxylic acids is 2. The van der Waals surface area contributed by atoms with Crippen molar-refractivity contribution >= 4 is 23.2 Å². The van der Waals surface area contributed by atoms with E-state index < -0.39 is 17.9 Å². The van der Waals surface area contributed by atoms with E-state index >= 15 is 0 Å². The zero-order chi connectivity index (χ0) is 20.7. The summed E-state index contributed by atoms with van der Waals surface area (Å²) in [4.78, 5) is 32.4. The van der Waals surface area contributed by atoms with Gasteiger partial charge < -0.3 is 10.2 Å². The molecule has 1 atom stereocenters. The van der Waals surface area contributed by atoms with Crippen LogP contribution in [0.3, 0.4) is 0 Å². The number of benzene rings is 3. The Morgan fingerprint density at radius 3 is 2.57 bits per heavy atom. The second-order valence-corrected chi connectivity index (χ2v) is 7.25. The molecular formula is C24H18FN3O2. The minimum atomic E-state index is -1.15. The molecule has 0 bridgehead atoms. The number of anilines is 1. The summed E-state index contributed by atoms with van der Waals surface area (Å²) in [6, 6.07) is 21.1. The van der Waals surface area contributed by atoms with Crippen molar-refractivity contribution < 1.29 is 14.0 Å². The summed E-state index contributed by atoms with van der Waals surface area (Å²) in [7, 11) is 0. The highest BCUT2D eigenvalue weighted by molar-refractivity contribution is 6.21. The number of rotatable bonds is 3. The lowest BCUT2D eigenvalue weighted by atomic mass is 9.98. The Morgan fingerprint density at radius 1 is 1.00 bits per heavy atom. The molecule has 1 N–H and O–H groups in total. The molecule has 0 saturated carbocycles. The molecule has 0 radical (unpaired) electrons. The molecule has 0 aromatic heterocycles. The van der Waals surface area contributed by atoms with Crippen LogP contribution in [0, 0.1) is 5.82 Å². The zero-order valence-electron chi connectivity index (χ0n) is 16.0. The Kier molecular flexibility index (Phi) is 4.39. The third-order valence-electron chi connectivity index (χ3n) is 5.44. The van der Waals surface area contributed by atoms with E-state index in [4.69, 9.17) is 0 Å². The van der Waals surface area contributed by atoms with Crippen LogP contribution >= 0.6 is 0 Å². The van der Waals surface area contributed by atoms with E-state index in [1.165, 1.54) is 18.2 Å². The molecule has 0 spiro atoms. The highest BCUT2D eigenvalue weighted by Gasteiger charge is 2.37. The number of nitrogens with zero attached hydrogens (tertiary/aromatic N) is 2. The van der Waals surface area contributed by atoms with Gasteiger partial charge in [0.1, 0.15) is 5.82 Å². The molecular weight excluding hydrogens is 381 g/mol. The highest BCUT2D eigenvalue weighted by Crippen LogP contribution is 2.36. The van der Waals surface area contributed by atoms with Gasteiger partial charge in [0.15, 0.2) is 0 Å². The fraction of sp³-hybridized carbons (Fsp3) is 0.125. The molecule has 0 aliphatic carbocycles. The molecule has 2 heterocycles. The summed E-state index contributed by atoms with van der Waals surface area (Å²) in [5, 5.41) is 2.63. The number of amides is 2. The first-order valence-corrected chi connectivity index (χ1v) is 9.76. The second kappa shape index (κ2) is 7.22. The van der Waals surface area contributed by atoms with E-state index in [1.54, 1.807) is 11.0 Å². The quantitative estimate of drug-likeness (QED) is 0.735. The molecule has 0 unspecified atom stereocenters. The molecule has 6 heteroatoms. The number of halogens is 1. The fourth-order valence-electron chi connectivity index (χ4n) is 4.04. The van der Waals surface area contributed by atoms with Gasteiger partial charge in [0.25, 0.3) is 11.8 Å². The predicted octanol–water partition coefficient (Wildman–Crippen LogP) is 3.32. The third kappa shape index (κ3) is 2.97. The van der Waals surface area contributed by atoms with Crippen molar-refractivity contribution in [2.75, 3.05) is 11.4 Å². The van der Waals surface area contributed by atoms with Crippen molar-refractivity contribution in [3.63, 3.8) is 0 Å². The summed E-state index contributed by atoms with van der Waals surface area (Å²) in [5.74, 6) is -1.64. The van der Waals surface area contributed by atoms with E-state index in [1.807, 2.05) is 48.5 Å². The standard InChI is InChI=1S/C24H18FN3O2/c25-19-12-5-4-10-17(19)23(29)27-22-24(30)28-14-13-16-9-6-11-18(21(16)28)20(26-22)15-7-2-1-3-8-15/h1-12,22H,13-14H2,(H,27,29)/t22-/m0/s1. The molecule has 5 nitrogen and oxygen atoms in total. The number of hydrogen-bond donors (Lipinski definition) is 1. The van der Waals surface area contributed by atoms with Gasteiger partial charge in [-0.25, -0.2) is 9.38 Å². The van der Waals surface area contributed by atoms with Crippen LogP contribution in [-0.4, -0.2) is 30.2 Å². The van der Waals surface area contributed by atoms with E-state index in [0.717, 1.165) is 28.8 Å². The first kappa shape index (κ1) is 18.2. The van der Waals surface area contributed by atoms with Gasteiger partial charge in [0.2, 0.25) is 6.17 Å². The normalized spacial score (nSPS) is 17.2. The Balaban J connectivity index is 1.61. The van der Waals surface area contributed by atoms with Gasteiger partial charge in [-0.05, 0) is 24.1 Å². The number of carbonyl (C=O) groups is 2. The summed E-state index contributed by atoms with van der Waals surface area (Å²) < 4.78 is 14.1. The van der Waals surface area contributed by atoms with Crippen LogP contribution in [0.4, 0.5) is 10.1 Å². The predicted molar refractivity (Wildman–Crippen MR) is 112 cm³/mol.